The summed E-state index contributed by atoms with van der Waals surface area (Å²) >= 11 is 0. The maximum absolute atomic E-state index is 2.66. The van der Waals surface area contributed by atoms with Crippen LogP contribution in [0.3, 0.4) is 0 Å². The molecule has 7 rings (SSSR count). The van der Waals surface area contributed by atoms with Crippen molar-refractivity contribution in [3.63, 3.8) is 0 Å². The minimum atomic E-state index is 0.441. The van der Waals surface area contributed by atoms with Crippen LogP contribution in [0.15, 0.2) is 0 Å². The fourth-order valence-corrected chi connectivity index (χ4v) is 8.84. The molecule has 21 heavy (non-hydrogen) atoms. The molecule has 8 bridgehead atoms. The number of hydrogen-bond acceptors (Lipinski definition) is 0. The summed E-state index contributed by atoms with van der Waals surface area (Å²) in [6, 6.07) is 0. The Morgan fingerprint density at radius 2 is 1.29 bits per heavy atom. The molecule has 7 aliphatic rings. The van der Waals surface area contributed by atoms with Gasteiger partial charge in [0.1, 0.15) is 15.7 Å². The van der Waals surface area contributed by atoms with E-state index in [0.717, 1.165) is 41.4 Å². The Bertz CT molecular complexity index is 464. The van der Waals surface area contributed by atoms with Gasteiger partial charge in [-0.1, -0.05) is 26.0 Å². The van der Waals surface area contributed by atoms with E-state index in [1.165, 1.54) is 0 Å². The van der Waals surface area contributed by atoms with E-state index >= 15 is 0 Å². The summed E-state index contributed by atoms with van der Waals surface area (Å²) < 4.78 is 0. The van der Waals surface area contributed by atoms with Crippen LogP contribution in [0.1, 0.15) is 59.3 Å². The van der Waals surface area contributed by atoms with Crippen LogP contribution in [0.25, 0.3) is 0 Å². The Morgan fingerprint density at radius 1 is 0.762 bits per heavy atom. The van der Waals surface area contributed by atoms with Crippen molar-refractivity contribution in [1.29, 1.82) is 0 Å². The first-order valence-electron chi connectivity index (χ1n) is 9.75. The first kappa shape index (κ1) is 13.6. The predicted octanol–water partition coefficient (Wildman–Crippen LogP) is 3.12. The van der Waals surface area contributed by atoms with E-state index in [1.54, 1.807) is 38.5 Å². The van der Waals surface area contributed by atoms with E-state index in [1.807, 2.05) is 0 Å². The third-order valence-electron chi connectivity index (χ3n) is 10.1. The van der Waals surface area contributed by atoms with E-state index in [4.69, 9.17) is 0 Å². The molecule has 0 spiro atoms. The van der Waals surface area contributed by atoms with Crippen LogP contribution >= 0.6 is 0 Å². The molecule has 0 amide bonds. The summed E-state index contributed by atoms with van der Waals surface area (Å²) in [6.45, 7) is 7.59. The molecule has 0 radical (unpaired) electrons. The van der Waals surface area contributed by atoms with Crippen LogP contribution in [0.5, 0.6) is 0 Å². The van der Waals surface area contributed by atoms with Gasteiger partial charge >= 0.3 is 0 Å². The molecule has 0 heterocycles. The molecule has 7 saturated carbocycles. The highest BCUT2D eigenvalue weighted by molar-refractivity contribution is 6.41. The van der Waals surface area contributed by atoms with Crippen molar-refractivity contribution in [3.05, 3.63) is 0 Å². The van der Waals surface area contributed by atoms with Crippen LogP contribution in [0, 0.1) is 52.3 Å². The number of rotatable bonds is 1. The molecule has 7 aliphatic carbocycles. The zero-order chi connectivity index (χ0) is 14.8. The number of hydrogen-bond donors (Lipinski definition) is 0. The zero-order valence-corrected chi connectivity index (χ0v) is 14.8. The van der Waals surface area contributed by atoms with E-state index in [2.05, 4.69) is 36.5 Å². The maximum atomic E-state index is 2.66. The van der Waals surface area contributed by atoms with Crippen molar-refractivity contribution in [2.75, 3.05) is 0 Å². The van der Waals surface area contributed by atoms with Gasteiger partial charge in [0, 0.05) is 0 Å². The smallest absolute Gasteiger partial charge is 0.0739 e. The Balaban J connectivity index is 1.70. The molecule has 4 unspecified atom stereocenters. The van der Waals surface area contributed by atoms with Crippen molar-refractivity contribution in [2.45, 2.75) is 64.5 Å². The molecule has 0 saturated heterocycles. The summed E-state index contributed by atoms with van der Waals surface area (Å²) in [6.07, 6.45) is 9.67. The van der Waals surface area contributed by atoms with Gasteiger partial charge in [0.05, 0.1) is 0 Å². The highest BCUT2D eigenvalue weighted by Crippen LogP contribution is 2.81. The minimum absolute atomic E-state index is 0.441. The zero-order valence-electron chi connectivity index (χ0n) is 14.8. The monoisotopic (exact) mass is 282 g/mol. The van der Waals surface area contributed by atoms with Gasteiger partial charge in [0.2, 0.25) is 0 Å². The van der Waals surface area contributed by atoms with Gasteiger partial charge in [-0.2, -0.15) is 0 Å². The fraction of sp³-hybridized carbons (Fsp3) is 1.00. The van der Waals surface area contributed by atoms with Crippen molar-refractivity contribution < 1.29 is 0 Å². The van der Waals surface area contributed by atoms with Crippen molar-refractivity contribution in [3.8, 4) is 0 Å². The van der Waals surface area contributed by atoms with Gasteiger partial charge in [-0.3, -0.25) is 0 Å². The van der Waals surface area contributed by atoms with E-state index in [0.29, 0.717) is 16.0 Å². The van der Waals surface area contributed by atoms with Crippen LogP contribution in [-0.4, -0.2) is 15.7 Å². The quantitative estimate of drug-likeness (QED) is 0.648. The lowest BCUT2D eigenvalue weighted by Crippen LogP contribution is -2.72. The summed E-state index contributed by atoms with van der Waals surface area (Å²) in [5, 5.41) is 0.498. The van der Waals surface area contributed by atoms with Gasteiger partial charge in [0.15, 0.2) is 0 Å². The Morgan fingerprint density at radius 3 is 1.81 bits per heavy atom. The molecule has 0 aromatic heterocycles. The lowest BCUT2D eigenvalue weighted by atomic mass is 9.19. The summed E-state index contributed by atoms with van der Waals surface area (Å²) in [4.78, 5) is 0. The Labute approximate surface area is 133 Å². The van der Waals surface area contributed by atoms with Gasteiger partial charge in [-0.15, -0.1) is 0 Å². The van der Waals surface area contributed by atoms with Crippen LogP contribution in [0.4, 0.5) is 0 Å². The fourth-order valence-electron chi connectivity index (χ4n) is 8.84. The second kappa shape index (κ2) is 3.62. The normalized spacial score (nSPS) is 57.2. The highest BCUT2D eigenvalue weighted by atomic mass is 14.8. The van der Waals surface area contributed by atoms with Crippen LogP contribution < -0.4 is 0 Å². The molecular weight excluding hydrogens is 250 g/mol. The van der Waals surface area contributed by atoms with E-state index in [9.17, 15) is 0 Å². The molecule has 0 aliphatic heterocycles. The Hall–Kier alpha value is 0.130. The average molecular weight is 282 g/mol. The lowest BCUT2D eigenvalue weighted by Gasteiger charge is -2.79. The topological polar surface area (TPSA) is 0 Å². The molecule has 7 fully saturated rings. The second-order valence-corrected chi connectivity index (χ2v) is 11.2. The molecular formula is C19H32B2. The lowest BCUT2D eigenvalue weighted by molar-refractivity contribution is -0.269. The van der Waals surface area contributed by atoms with Gasteiger partial charge in [0.25, 0.3) is 0 Å². The maximum Gasteiger partial charge on any atom is 0.101 e. The summed E-state index contributed by atoms with van der Waals surface area (Å²) in [5.41, 5.74) is 1.14. The molecule has 0 aromatic carbocycles. The molecule has 0 nitrogen and oxygen atoms in total. The molecule has 0 N–H and O–H groups in total. The first-order valence-corrected chi connectivity index (χ1v) is 9.75. The molecule has 0 aromatic rings. The van der Waals surface area contributed by atoms with E-state index in [-0.39, 0.29) is 0 Å². The summed E-state index contributed by atoms with van der Waals surface area (Å²) in [7, 11) is 5.33. The van der Waals surface area contributed by atoms with Gasteiger partial charge < -0.3 is 0 Å². The van der Waals surface area contributed by atoms with Gasteiger partial charge in [-0.25, -0.2) is 0 Å². The third kappa shape index (κ3) is 1.31. The SMILES string of the molecule is BC(B)(C(C)(C)C)C12CC3CC4C5CC(CC41)CC2C5C3. The van der Waals surface area contributed by atoms with Gasteiger partial charge in [-0.05, 0) is 90.8 Å². The standard InChI is InChI=1S/C19H32B2/c1-17(2,3)19(20,21)18-9-11-5-13-12-4-10(7-15(13)18)8-16(18)14(12)6-11/h10-16H,4-9,20-21H2,1-3H3. The second-order valence-electron chi connectivity index (χ2n) is 11.2. The van der Waals surface area contributed by atoms with Crippen LogP contribution in [-0.2, 0) is 0 Å². The van der Waals surface area contributed by atoms with Crippen LogP contribution in [0.2, 0.25) is 5.21 Å². The minimum Gasteiger partial charge on any atom is -0.0739 e. The van der Waals surface area contributed by atoms with Crippen molar-refractivity contribution in [2.24, 2.45) is 52.3 Å². The first-order chi connectivity index (χ1) is 9.75. The summed E-state index contributed by atoms with van der Waals surface area (Å²) in [5.74, 6) is 7.85. The van der Waals surface area contributed by atoms with E-state index < -0.39 is 0 Å². The average Bonchev–Trinajstić information content (AvgIpc) is 2.42. The van der Waals surface area contributed by atoms with Crippen molar-refractivity contribution in [1.82, 2.24) is 0 Å². The third-order valence-corrected chi connectivity index (χ3v) is 10.1. The van der Waals surface area contributed by atoms with Crippen molar-refractivity contribution >= 4 is 15.7 Å². The highest BCUT2D eigenvalue weighted by Gasteiger charge is 2.73. The molecule has 2 heteroatoms. The molecule has 114 valence electrons. The predicted molar refractivity (Wildman–Crippen MR) is 93.8 cm³/mol. The largest absolute Gasteiger partial charge is 0.101 e. The Kier molecular flexibility index (Phi) is 2.34. The molecule has 4 atom stereocenters.